The van der Waals surface area contributed by atoms with Crippen LogP contribution in [0.1, 0.15) is 30.5 Å². The van der Waals surface area contributed by atoms with Crippen LogP contribution in [-0.2, 0) is 11.6 Å². The summed E-state index contributed by atoms with van der Waals surface area (Å²) in [6, 6.07) is 29.2. The van der Waals surface area contributed by atoms with E-state index in [1.165, 1.54) is 17.5 Å². The van der Waals surface area contributed by atoms with Crippen molar-refractivity contribution in [1.29, 1.82) is 0 Å². The van der Waals surface area contributed by atoms with E-state index < -0.39 is 17.2 Å². The highest BCUT2D eigenvalue weighted by molar-refractivity contribution is 6.14. The number of hydrogen-bond donors (Lipinski definition) is 0. The molecule has 0 atom stereocenters. The van der Waals surface area contributed by atoms with Gasteiger partial charge in [0.1, 0.15) is 0 Å². The molecule has 0 radical (unpaired) electrons. The van der Waals surface area contributed by atoms with Crippen LogP contribution < -0.4 is 0 Å². The summed E-state index contributed by atoms with van der Waals surface area (Å²) in [4.78, 5) is 4.75. The Morgan fingerprint density at radius 1 is 0.649 bits per heavy atom. The van der Waals surface area contributed by atoms with Crippen molar-refractivity contribution < 1.29 is 13.2 Å². The van der Waals surface area contributed by atoms with Crippen LogP contribution >= 0.6 is 0 Å². The smallest absolute Gasteiger partial charge is 0.256 e. The van der Waals surface area contributed by atoms with Crippen LogP contribution in [-0.4, -0.2) is 4.98 Å². The summed E-state index contributed by atoms with van der Waals surface area (Å²) in [5.74, 6) is 0. The van der Waals surface area contributed by atoms with Crippen LogP contribution in [0, 0.1) is 0 Å². The molecule has 180 valence electrons. The van der Waals surface area contributed by atoms with Crippen LogP contribution in [0.15, 0.2) is 97.2 Å². The van der Waals surface area contributed by atoms with Crippen molar-refractivity contribution in [3.05, 3.63) is 114 Å². The summed E-state index contributed by atoms with van der Waals surface area (Å²) in [5, 5.41) is 6.63. The van der Waals surface area contributed by atoms with Crippen molar-refractivity contribution in [3.8, 4) is 22.4 Å². The van der Waals surface area contributed by atoms with Crippen molar-refractivity contribution in [2.75, 3.05) is 0 Å². The molecule has 1 aromatic heterocycles. The lowest BCUT2D eigenvalue weighted by atomic mass is 9.79. The van der Waals surface area contributed by atoms with Gasteiger partial charge in [-0.05, 0) is 73.5 Å². The molecule has 1 aliphatic rings. The molecule has 0 bridgehead atoms. The molecular formula is C33H22F3N. The van der Waals surface area contributed by atoms with Crippen molar-refractivity contribution in [1.82, 2.24) is 4.98 Å². The molecule has 0 N–H and O–H groups in total. The normalized spacial score (nSPS) is 14.3. The van der Waals surface area contributed by atoms with Gasteiger partial charge in [-0.25, -0.2) is 0 Å². The fourth-order valence-electron chi connectivity index (χ4n) is 6.14. The van der Waals surface area contributed by atoms with Crippen LogP contribution in [0.3, 0.4) is 0 Å². The number of benzene rings is 5. The third kappa shape index (κ3) is 3.15. The molecule has 0 aliphatic heterocycles. The lowest BCUT2D eigenvalue weighted by molar-refractivity contribution is -0.137. The summed E-state index contributed by atoms with van der Waals surface area (Å²) in [5.41, 5.74) is 4.48. The molecular weight excluding hydrogens is 467 g/mol. The number of pyridine rings is 1. The molecule has 5 aromatic carbocycles. The zero-order valence-corrected chi connectivity index (χ0v) is 20.3. The summed E-state index contributed by atoms with van der Waals surface area (Å²) in [7, 11) is 0. The van der Waals surface area contributed by atoms with E-state index in [2.05, 4.69) is 54.6 Å². The van der Waals surface area contributed by atoms with Crippen LogP contribution in [0.4, 0.5) is 13.2 Å². The fraction of sp³-hybridized carbons (Fsp3) is 0.121. The summed E-state index contributed by atoms with van der Waals surface area (Å²) in [6.45, 7) is 4.04. The van der Waals surface area contributed by atoms with Gasteiger partial charge in [0.2, 0.25) is 0 Å². The second-order valence-electron chi connectivity index (χ2n) is 10.3. The van der Waals surface area contributed by atoms with E-state index in [1.807, 2.05) is 38.2 Å². The maximum atomic E-state index is 13.5. The van der Waals surface area contributed by atoms with E-state index in [0.717, 1.165) is 60.4 Å². The largest absolute Gasteiger partial charge is 0.416 e. The molecule has 7 rings (SSSR count). The molecule has 1 heterocycles. The highest BCUT2D eigenvalue weighted by atomic mass is 19.4. The van der Waals surface area contributed by atoms with Gasteiger partial charge < -0.3 is 0 Å². The lowest BCUT2D eigenvalue weighted by Gasteiger charge is -2.24. The predicted octanol–water partition coefficient (Wildman–Crippen LogP) is 9.53. The number of nitrogens with zero attached hydrogens (tertiary/aromatic N) is 1. The Morgan fingerprint density at radius 3 is 2.16 bits per heavy atom. The highest BCUT2D eigenvalue weighted by Gasteiger charge is 2.40. The fourth-order valence-corrected chi connectivity index (χ4v) is 6.14. The molecule has 0 fully saturated rings. The third-order valence-electron chi connectivity index (χ3n) is 7.90. The topological polar surface area (TPSA) is 12.9 Å². The number of aromatic nitrogens is 1. The molecule has 1 nitrogen and oxygen atoms in total. The molecule has 6 aromatic rings. The summed E-state index contributed by atoms with van der Waals surface area (Å²) in [6.07, 6.45) is -2.53. The van der Waals surface area contributed by atoms with E-state index in [-0.39, 0.29) is 0 Å². The first-order valence-corrected chi connectivity index (χ1v) is 12.3. The van der Waals surface area contributed by atoms with E-state index in [1.54, 1.807) is 6.07 Å². The second-order valence-corrected chi connectivity index (χ2v) is 10.3. The van der Waals surface area contributed by atoms with Crippen LogP contribution in [0.25, 0.3) is 54.7 Å². The minimum Gasteiger partial charge on any atom is -0.256 e. The van der Waals surface area contributed by atoms with Crippen LogP contribution in [0.2, 0.25) is 0 Å². The van der Waals surface area contributed by atoms with Gasteiger partial charge in [-0.3, -0.25) is 4.98 Å². The van der Waals surface area contributed by atoms with Crippen molar-refractivity contribution in [3.63, 3.8) is 0 Å². The number of rotatable bonds is 1. The van der Waals surface area contributed by atoms with E-state index in [9.17, 15) is 13.2 Å². The minimum atomic E-state index is -4.37. The van der Waals surface area contributed by atoms with E-state index in [0.29, 0.717) is 0 Å². The summed E-state index contributed by atoms with van der Waals surface area (Å²) >= 11 is 0. The Bertz CT molecular complexity index is 1900. The molecule has 0 saturated carbocycles. The number of fused-ring (bicyclic) bond motifs is 8. The Hall–Kier alpha value is -4.18. The second kappa shape index (κ2) is 7.42. The third-order valence-corrected chi connectivity index (χ3v) is 7.90. The average molecular weight is 490 g/mol. The van der Waals surface area contributed by atoms with Crippen molar-refractivity contribution in [2.24, 2.45) is 0 Å². The molecule has 1 aliphatic carbocycles. The van der Waals surface area contributed by atoms with Gasteiger partial charge in [0.05, 0.1) is 11.3 Å². The lowest BCUT2D eigenvalue weighted by Crippen LogP contribution is -2.17. The van der Waals surface area contributed by atoms with Gasteiger partial charge in [0.25, 0.3) is 0 Å². The molecule has 0 amide bonds. The minimum absolute atomic E-state index is 0.562. The maximum absolute atomic E-state index is 13.5. The molecule has 0 unspecified atom stereocenters. The zero-order valence-electron chi connectivity index (χ0n) is 20.3. The molecule has 0 spiro atoms. The van der Waals surface area contributed by atoms with Gasteiger partial charge in [-0.2, -0.15) is 13.2 Å². The van der Waals surface area contributed by atoms with Crippen molar-refractivity contribution in [2.45, 2.75) is 25.4 Å². The highest BCUT2D eigenvalue weighted by Crippen LogP contribution is 2.53. The first kappa shape index (κ1) is 22.1. The molecule has 37 heavy (non-hydrogen) atoms. The number of halogens is 3. The Morgan fingerprint density at radius 2 is 1.35 bits per heavy atom. The Labute approximate surface area is 212 Å². The molecule has 4 heteroatoms. The number of hydrogen-bond acceptors (Lipinski definition) is 1. The average Bonchev–Trinajstić information content (AvgIpc) is 3.13. The van der Waals surface area contributed by atoms with Crippen LogP contribution in [0.5, 0.6) is 0 Å². The predicted molar refractivity (Wildman–Crippen MR) is 145 cm³/mol. The maximum Gasteiger partial charge on any atom is 0.416 e. The van der Waals surface area contributed by atoms with Gasteiger partial charge in [0.15, 0.2) is 0 Å². The van der Waals surface area contributed by atoms with Gasteiger partial charge in [0, 0.05) is 22.6 Å². The van der Waals surface area contributed by atoms with E-state index in [4.69, 9.17) is 4.98 Å². The van der Waals surface area contributed by atoms with Crippen molar-refractivity contribution >= 4 is 32.3 Å². The zero-order chi connectivity index (χ0) is 25.5. The van der Waals surface area contributed by atoms with Gasteiger partial charge in [-0.15, -0.1) is 0 Å². The van der Waals surface area contributed by atoms with Gasteiger partial charge >= 0.3 is 6.18 Å². The SMILES string of the molecule is CC1(C)c2cc(C(F)(F)F)ccc2-c2ccc3c(ccc4c(-c5ccc6ccccc6c5)nccc43)c21. The monoisotopic (exact) mass is 489 g/mol. The summed E-state index contributed by atoms with van der Waals surface area (Å²) < 4.78 is 40.6. The Balaban J connectivity index is 1.46. The van der Waals surface area contributed by atoms with Gasteiger partial charge in [-0.1, -0.05) is 80.6 Å². The quantitative estimate of drug-likeness (QED) is 0.210. The molecule has 0 saturated heterocycles. The standard InChI is InChI=1S/C33H22F3N/c1-32(2)29-18-22(33(34,35)36)9-10-25(29)27-12-11-23-24-15-16-37-31(28(24)14-13-26(23)30(27)32)21-8-7-19-5-3-4-6-20(19)17-21/h3-18H,1-2H3. The first-order valence-electron chi connectivity index (χ1n) is 12.3. The first-order chi connectivity index (χ1) is 17.7. The Kier molecular flexibility index (Phi) is 4.42. The number of alkyl halides is 3. The van der Waals surface area contributed by atoms with E-state index >= 15 is 0 Å².